The number of aromatic nitrogens is 3. The maximum Gasteiger partial charge on any atom is 0.257 e. The molecule has 5 nitrogen and oxygen atoms in total. The molecule has 3 heterocycles. The monoisotopic (exact) mass is 382 g/mol. The molecule has 0 saturated heterocycles. The van der Waals surface area contributed by atoms with Gasteiger partial charge >= 0.3 is 0 Å². The highest BCUT2D eigenvalue weighted by Crippen LogP contribution is 2.40. The molecule has 1 aliphatic rings. The first-order valence-electron chi connectivity index (χ1n) is 9.91. The van der Waals surface area contributed by atoms with Crippen LogP contribution in [0.1, 0.15) is 46.2 Å². The lowest BCUT2D eigenvalue weighted by Crippen LogP contribution is -2.14. The fourth-order valence-electron chi connectivity index (χ4n) is 3.68. The number of anilines is 1. The first-order chi connectivity index (χ1) is 14.1. The summed E-state index contributed by atoms with van der Waals surface area (Å²) in [4.78, 5) is 22.0. The number of hydrogen-bond acceptors (Lipinski definition) is 3. The summed E-state index contributed by atoms with van der Waals surface area (Å²) >= 11 is 0. The van der Waals surface area contributed by atoms with Crippen molar-refractivity contribution in [3.05, 3.63) is 83.7 Å². The van der Waals surface area contributed by atoms with Crippen LogP contribution in [0, 0.1) is 13.8 Å². The van der Waals surface area contributed by atoms with Crippen LogP contribution in [0.2, 0.25) is 0 Å². The Morgan fingerprint density at radius 2 is 1.86 bits per heavy atom. The minimum Gasteiger partial charge on any atom is -0.322 e. The van der Waals surface area contributed by atoms with E-state index < -0.39 is 0 Å². The van der Waals surface area contributed by atoms with Gasteiger partial charge < -0.3 is 9.72 Å². The average Bonchev–Trinajstić information content (AvgIpc) is 3.48. The van der Waals surface area contributed by atoms with Gasteiger partial charge in [-0.15, -0.1) is 0 Å². The van der Waals surface area contributed by atoms with Crippen LogP contribution in [0.3, 0.4) is 0 Å². The molecular formula is C24H22N4O. The summed E-state index contributed by atoms with van der Waals surface area (Å²) in [5, 5.41) is 2.97. The van der Waals surface area contributed by atoms with E-state index in [1.165, 1.54) is 12.8 Å². The Morgan fingerprint density at radius 1 is 1.07 bits per heavy atom. The van der Waals surface area contributed by atoms with E-state index in [-0.39, 0.29) is 5.91 Å². The Kier molecular flexibility index (Phi) is 4.16. The SMILES string of the molecule is Cc1ccc(NC(=O)c2cc(-c3cccn4c(C5CC5)ncc34)cnc2C)cc1. The fourth-order valence-corrected chi connectivity index (χ4v) is 3.68. The molecule has 1 saturated carbocycles. The van der Waals surface area contributed by atoms with Crippen LogP contribution in [-0.2, 0) is 0 Å². The molecule has 0 spiro atoms. The molecule has 1 N–H and O–H groups in total. The molecule has 3 aromatic heterocycles. The zero-order valence-electron chi connectivity index (χ0n) is 16.5. The molecule has 1 aromatic carbocycles. The summed E-state index contributed by atoms with van der Waals surface area (Å²) in [7, 11) is 0. The zero-order valence-corrected chi connectivity index (χ0v) is 16.5. The summed E-state index contributed by atoms with van der Waals surface area (Å²) in [6, 6.07) is 13.8. The van der Waals surface area contributed by atoms with Crippen molar-refractivity contribution in [2.45, 2.75) is 32.6 Å². The molecule has 4 aromatic rings. The molecule has 1 fully saturated rings. The van der Waals surface area contributed by atoms with Crippen LogP contribution in [0.15, 0.2) is 61.1 Å². The standard InChI is InChI=1S/C24H22N4O/c1-15-5-9-19(10-6-15)27-24(29)21-12-18(13-25-16(21)2)20-4-3-11-28-22(20)14-26-23(28)17-7-8-17/h3-6,9-14,17H,7-8H2,1-2H3,(H,27,29). The third-order valence-electron chi connectivity index (χ3n) is 5.49. The van der Waals surface area contributed by atoms with E-state index in [0.29, 0.717) is 17.2 Å². The Balaban J connectivity index is 1.52. The summed E-state index contributed by atoms with van der Waals surface area (Å²) in [5.74, 6) is 1.54. The highest BCUT2D eigenvalue weighted by Gasteiger charge is 2.28. The van der Waals surface area contributed by atoms with Crippen LogP contribution >= 0.6 is 0 Å². The van der Waals surface area contributed by atoms with Gasteiger partial charge in [0, 0.05) is 35.1 Å². The van der Waals surface area contributed by atoms with Crippen LogP contribution in [0.5, 0.6) is 0 Å². The van der Waals surface area contributed by atoms with Gasteiger partial charge in [0.05, 0.1) is 23.0 Å². The highest BCUT2D eigenvalue weighted by molar-refractivity contribution is 6.05. The minimum atomic E-state index is -0.153. The van der Waals surface area contributed by atoms with Gasteiger partial charge in [-0.1, -0.05) is 23.8 Å². The van der Waals surface area contributed by atoms with E-state index in [1.54, 1.807) is 0 Å². The highest BCUT2D eigenvalue weighted by atomic mass is 16.1. The molecule has 1 aliphatic carbocycles. The van der Waals surface area contributed by atoms with Crippen molar-refractivity contribution in [3.8, 4) is 11.1 Å². The number of carbonyl (C=O) groups is 1. The van der Waals surface area contributed by atoms with E-state index >= 15 is 0 Å². The molecule has 1 amide bonds. The second kappa shape index (κ2) is 6.85. The van der Waals surface area contributed by atoms with E-state index in [1.807, 2.05) is 62.6 Å². The number of rotatable bonds is 4. The number of aryl methyl sites for hydroxylation is 2. The predicted octanol–water partition coefficient (Wildman–Crippen LogP) is 5.14. The van der Waals surface area contributed by atoms with Crippen LogP contribution in [0.25, 0.3) is 16.6 Å². The lowest BCUT2D eigenvalue weighted by Gasteiger charge is -2.11. The number of nitrogens with zero attached hydrogens (tertiary/aromatic N) is 3. The number of benzene rings is 1. The summed E-state index contributed by atoms with van der Waals surface area (Å²) < 4.78 is 2.17. The summed E-state index contributed by atoms with van der Waals surface area (Å²) in [5.41, 5.74) is 6.20. The first kappa shape index (κ1) is 17.6. The molecule has 0 unspecified atom stereocenters. The van der Waals surface area contributed by atoms with E-state index in [2.05, 4.69) is 31.9 Å². The van der Waals surface area contributed by atoms with Crippen LogP contribution in [-0.4, -0.2) is 20.3 Å². The van der Waals surface area contributed by atoms with Crippen molar-refractivity contribution in [1.82, 2.24) is 14.4 Å². The zero-order chi connectivity index (χ0) is 20.0. The number of fused-ring (bicyclic) bond motifs is 1. The second-order valence-corrected chi connectivity index (χ2v) is 7.74. The minimum absolute atomic E-state index is 0.153. The Labute approximate surface area is 169 Å². The lowest BCUT2D eigenvalue weighted by atomic mass is 10.0. The van der Waals surface area contributed by atoms with Crippen molar-refractivity contribution < 1.29 is 4.79 Å². The van der Waals surface area contributed by atoms with Gasteiger partial charge in [-0.3, -0.25) is 9.78 Å². The van der Waals surface area contributed by atoms with Crippen molar-refractivity contribution >= 4 is 17.1 Å². The third kappa shape index (κ3) is 3.29. The maximum absolute atomic E-state index is 12.9. The number of nitrogens with one attached hydrogen (secondary N) is 1. The molecule has 5 heteroatoms. The number of hydrogen-bond donors (Lipinski definition) is 1. The van der Waals surface area contributed by atoms with Crippen LogP contribution in [0.4, 0.5) is 5.69 Å². The molecule has 0 bridgehead atoms. The second-order valence-electron chi connectivity index (χ2n) is 7.74. The molecule has 5 rings (SSSR count). The van der Waals surface area contributed by atoms with Gasteiger partial charge in [0.1, 0.15) is 5.82 Å². The molecule has 29 heavy (non-hydrogen) atoms. The van der Waals surface area contributed by atoms with Gasteiger partial charge in [0.25, 0.3) is 5.91 Å². The quantitative estimate of drug-likeness (QED) is 0.531. The van der Waals surface area contributed by atoms with E-state index in [9.17, 15) is 4.79 Å². The van der Waals surface area contributed by atoms with Crippen molar-refractivity contribution in [3.63, 3.8) is 0 Å². The largest absolute Gasteiger partial charge is 0.322 e. The van der Waals surface area contributed by atoms with Gasteiger partial charge in [0.15, 0.2) is 0 Å². The predicted molar refractivity (Wildman–Crippen MR) is 114 cm³/mol. The summed E-state index contributed by atoms with van der Waals surface area (Å²) in [6.07, 6.45) is 8.23. The van der Waals surface area contributed by atoms with Crippen LogP contribution < -0.4 is 5.32 Å². The number of pyridine rings is 2. The fraction of sp³-hybridized carbons (Fsp3) is 0.208. The lowest BCUT2D eigenvalue weighted by molar-refractivity contribution is 0.102. The number of amides is 1. The maximum atomic E-state index is 12.9. The molecule has 0 aliphatic heterocycles. The summed E-state index contributed by atoms with van der Waals surface area (Å²) in [6.45, 7) is 3.88. The van der Waals surface area contributed by atoms with Gasteiger partial charge in [-0.25, -0.2) is 4.98 Å². The first-order valence-corrected chi connectivity index (χ1v) is 9.91. The average molecular weight is 382 g/mol. The van der Waals surface area contributed by atoms with Gasteiger partial charge in [-0.2, -0.15) is 0 Å². The van der Waals surface area contributed by atoms with E-state index in [0.717, 1.165) is 33.7 Å². The normalized spacial score (nSPS) is 13.6. The van der Waals surface area contributed by atoms with Crippen molar-refractivity contribution in [2.75, 3.05) is 5.32 Å². The third-order valence-corrected chi connectivity index (χ3v) is 5.49. The molecule has 0 radical (unpaired) electrons. The number of imidazole rings is 1. The topological polar surface area (TPSA) is 59.3 Å². The Hall–Kier alpha value is -3.47. The molecule has 0 atom stereocenters. The van der Waals surface area contributed by atoms with Crippen molar-refractivity contribution in [1.29, 1.82) is 0 Å². The smallest absolute Gasteiger partial charge is 0.257 e. The Bertz CT molecular complexity index is 1220. The molecular weight excluding hydrogens is 360 g/mol. The van der Waals surface area contributed by atoms with Gasteiger partial charge in [-0.05, 0) is 51.0 Å². The Morgan fingerprint density at radius 3 is 2.62 bits per heavy atom. The van der Waals surface area contributed by atoms with E-state index in [4.69, 9.17) is 0 Å². The molecule has 144 valence electrons. The van der Waals surface area contributed by atoms with Crippen molar-refractivity contribution in [2.24, 2.45) is 0 Å². The number of carbonyl (C=O) groups excluding carboxylic acids is 1. The van der Waals surface area contributed by atoms with Gasteiger partial charge in [0.2, 0.25) is 0 Å².